The maximum atomic E-state index is 12.4. The van der Waals surface area contributed by atoms with E-state index in [0.717, 1.165) is 57.8 Å². The first-order valence-corrected chi connectivity index (χ1v) is 23.6. The van der Waals surface area contributed by atoms with Crippen LogP contribution in [0.15, 0.2) is 24.3 Å². The van der Waals surface area contributed by atoms with Gasteiger partial charge < -0.3 is 55.6 Å². The van der Waals surface area contributed by atoms with Gasteiger partial charge in [-0.3, -0.25) is 24.0 Å². The third kappa shape index (κ3) is 34.5. The second-order valence-corrected chi connectivity index (χ2v) is 16.0. The highest BCUT2D eigenvalue weighted by molar-refractivity contribution is 5.87. The lowest BCUT2D eigenvalue weighted by atomic mass is 10.0. The Morgan fingerprint density at radius 3 is 1.69 bits per heavy atom. The number of aliphatic carboxylic acids is 1. The van der Waals surface area contributed by atoms with Crippen LogP contribution in [0.4, 0.5) is 0 Å². The van der Waals surface area contributed by atoms with Crippen molar-refractivity contribution < 1.29 is 67.5 Å². The van der Waals surface area contributed by atoms with Crippen LogP contribution in [-0.4, -0.2) is 136 Å². The van der Waals surface area contributed by atoms with E-state index in [4.69, 9.17) is 34.5 Å². The molecule has 65 heavy (non-hydrogen) atoms. The van der Waals surface area contributed by atoms with E-state index in [1.807, 2.05) is 0 Å². The van der Waals surface area contributed by atoms with Crippen molar-refractivity contribution in [1.82, 2.24) is 16.0 Å². The summed E-state index contributed by atoms with van der Waals surface area (Å²) in [6.45, 7) is 5.41. The highest BCUT2D eigenvalue weighted by Crippen LogP contribution is 2.14. The number of aromatic carboxylic acids is 1. The minimum Gasteiger partial charge on any atom is -0.494 e. The number of carbonyl (C=O) groups excluding carboxylic acids is 5. The number of nitrogens with one attached hydrogen (secondary N) is 3. The number of unbranched alkanes of at least 4 members (excludes halogenated alkanes) is 9. The van der Waals surface area contributed by atoms with Crippen LogP contribution in [0, 0.1) is 0 Å². The van der Waals surface area contributed by atoms with E-state index in [-0.39, 0.29) is 87.0 Å². The monoisotopic (exact) mass is 923 g/mol. The number of nitrogens with two attached hydrogens (primary N) is 1. The van der Waals surface area contributed by atoms with Crippen molar-refractivity contribution >= 4 is 41.2 Å². The molecule has 1 rings (SSSR count). The van der Waals surface area contributed by atoms with Gasteiger partial charge in [-0.1, -0.05) is 51.9 Å². The predicted molar refractivity (Wildman–Crippen MR) is 244 cm³/mol. The normalized spacial score (nSPS) is 12.0. The van der Waals surface area contributed by atoms with Gasteiger partial charge in [0.1, 0.15) is 36.6 Å². The number of ketones is 2. The molecule has 0 radical (unpaired) electrons. The Bertz CT molecular complexity index is 1480. The Balaban J connectivity index is 1.94. The number of hydrogen-bond donors (Lipinski definition) is 6. The topological polar surface area (TPSA) is 268 Å². The summed E-state index contributed by atoms with van der Waals surface area (Å²) in [7, 11) is 0. The molecule has 0 saturated carbocycles. The molecule has 1 aromatic rings. The average Bonchev–Trinajstić information content (AvgIpc) is 3.28. The summed E-state index contributed by atoms with van der Waals surface area (Å²) in [6, 6.07) is 4.62. The van der Waals surface area contributed by atoms with Crippen molar-refractivity contribution in [3.63, 3.8) is 0 Å². The zero-order chi connectivity index (χ0) is 47.8. The van der Waals surface area contributed by atoms with Crippen molar-refractivity contribution in [2.45, 2.75) is 147 Å². The minimum atomic E-state index is -1.18. The standard InChI is InChI=1S/C47H78N4O14/c1-2-3-11-26-49-44(55)35-64-34-32-62-29-15-18-42(53)40(48)17-10-12-27-50-45(56)36-63-33-31-61-28-14-16-38(52)22-25-41(47(59)60)51-43(54)19-9-7-5-4-6-8-13-30-65-39-23-20-37(21-24-39)46(57)58/h20-21,23-24,40-41H,2-19,22,25-36,48H2,1H3,(H,49,55)(H,50,56)(H,51,54)(H,57,58)(H,59,60)/t40-,41-/m0/s1. The molecule has 3 amide bonds. The van der Waals surface area contributed by atoms with Crippen LogP contribution in [0.1, 0.15) is 146 Å². The summed E-state index contributed by atoms with van der Waals surface area (Å²) < 4.78 is 27.2. The number of carboxylic acid groups (broad SMARTS) is 2. The molecule has 370 valence electrons. The number of hydrogen-bond acceptors (Lipinski definition) is 13. The van der Waals surface area contributed by atoms with Crippen molar-refractivity contribution in [3.8, 4) is 5.75 Å². The van der Waals surface area contributed by atoms with Gasteiger partial charge in [0.2, 0.25) is 17.7 Å². The lowest BCUT2D eigenvalue weighted by Gasteiger charge is -2.14. The molecule has 0 spiro atoms. The summed E-state index contributed by atoms with van der Waals surface area (Å²) in [4.78, 5) is 83.3. The van der Waals surface area contributed by atoms with Gasteiger partial charge >= 0.3 is 11.9 Å². The number of carbonyl (C=O) groups is 7. The molecule has 0 saturated heterocycles. The summed E-state index contributed by atoms with van der Waals surface area (Å²) in [5, 5.41) is 26.6. The maximum Gasteiger partial charge on any atom is 0.335 e. The predicted octanol–water partition coefficient (Wildman–Crippen LogP) is 4.92. The van der Waals surface area contributed by atoms with E-state index >= 15 is 0 Å². The fraction of sp³-hybridized carbons (Fsp3) is 0.723. The minimum absolute atomic E-state index is 0.00346. The van der Waals surface area contributed by atoms with Gasteiger partial charge in [0.05, 0.1) is 44.6 Å². The van der Waals surface area contributed by atoms with E-state index in [9.17, 15) is 38.7 Å². The molecule has 0 unspecified atom stereocenters. The molecule has 0 fully saturated rings. The second kappa shape index (κ2) is 39.8. The van der Waals surface area contributed by atoms with Crippen LogP contribution < -0.4 is 26.4 Å². The summed E-state index contributed by atoms with van der Waals surface area (Å²) in [5.41, 5.74) is 6.25. The zero-order valence-corrected chi connectivity index (χ0v) is 38.8. The number of carboxylic acids is 2. The van der Waals surface area contributed by atoms with E-state index in [0.29, 0.717) is 96.8 Å². The third-order valence-electron chi connectivity index (χ3n) is 10.2. The zero-order valence-electron chi connectivity index (χ0n) is 38.8. The quantitative estimate of drug-likeness (QED) is 0.0474. The lowest BCUT2D eigenvalue weighted by Crippen LogP contribution is -2.41. The van der Waals surface area contributed by atoms with Crippen LogP contribution in [0.3, 0.4) is 0 Å². The van der Waals surface area contributed by atoms with Gasteiger partial charge in [-0.05, 0) is 82.1 Å². The summed E-state index contributed by atoms with van der Waals surface area (Å²) >= 11 is 0. The molecule has 7 N–H and O–H groups in total. The van der Waals surface area contributed by atoms with E-state index < -0.39 is 24.0 Å². The highest BCUT2D eigenvalue weighted by Gasteiger charge is 2.21. The van der Waals surface area contributed by atoms with Gasteiger partial charge in [-0.25, -0.2) is 9.59 Å². The first kappa shape index (κ1) is 58.5. The van der Waals surface area contributed by atoms with Crippen molar-refractivity contribution in [1.29, 1.82) is 0 Å². The van der Waals surface area contributed by atoms with Gasteiger partial charge in [0.25, 0.3) is 0 Å². The molecule has 0 bridgehead atoms. The Hall–Kier alpha value is -4.49. The molecule has 0 aliphatic carbocycles. The van der Waals surface area contributed by atoms with Crippen molar-refractivity contribution in [2.24, 2.45) is 5.73 Å². The smallest absolute Gasteiger partial charge is 0.335 e. The third-order valence-corrected chi connectivity index (χ3v) is 10.2. The molecule has 2 atom stereocenters. The van der Waals surface area contributed by atoms with Crippen molar-refractivity contribution in [3.05, 3.63) is 29.8 Å². The molecule has 18 nitrogen and oxygen atoms in total. The fourth-order valence-electron chi connectivity index (χ4n) is 6.37. The Morgan fingerprint density at radius 1 is 0.554 bits per heavy atom. The fourth-order valence-corrected chi connectivity index (χ4v) is 6.37. The van der Waals surface area contributed by atoms with E-state index in [1.54, 1.807) is 12.1 Å². The molecule has 0 heterocycles. The first-order chi connectivity index (χ1) is 31.4. The van der Waals surface area contributed by atoms with Crippen molar-refractivity contribution in [2.75, 3.05) is 72.6 Å². The number of rotatable bonds is 45. The van der Waals surface area contributed by atoms with Crippen LogP contribution in [0.2, 0.25) is 0 Å². The first-order valence-electron chi connectivity index (χ1n) is 23.6. The maximum absolute atomic E-state index is 12.4. The van der Waals surface area contributed by atoms with E-state index in [1.165, 1.54) is 12.1 Å². The Morgan fingerprint density at radius 2 is 1.11 bits per heavy atom. The lowest BCUT2D eigenvalue weighted by molar-refractivity contribution is -0.142. The van der Waals surface area contributed by atoms with E-state index in [2.05, 4.69) is 22.9 Å². The molecule has 0 aliphatic heterocycles. The second-order valence-electron chi connectivity index (χ2n) is 16.0. The molecule has 1 aromatic carbocycles. The van der Waals surface area contributed by atoms with Gasteiger partial charge in [0, 0.05) is 52.0 Å². The SMILES string of the molecule is CCCCCNC(=O)COCCOCCCC(=O)[C@@H](N)CCCCNC(=O)COCCOCCCC(=O)CC[C@H](NC(=O)CCCCCCCCCOc1ccc(C(=O)O)cc1)C(=O)O. The van der Waals surface area contributed by atoms with Gasteiger partial charge in [-0.15, -0.1) is 0 Å². The van der Waals surface area contributed by atoms with Crippen LogP contribution >= 0.6 is 0 Å². The van der Waals surface area contributed by atoms with Crippen LogP contribution in [-0.2, 0) is 47.7 Å². The number of benzene rings is 1. The molecular formula is C47H78N4O14. The highest BCUT2D eigenvalue weighted by atomic mass is 16.5. The summed E-state index contributed by atoms with van der Waals surface area (Å²) in [6.07, 6.45) is 13.2. The number of amides is 3. The summed E-state index contributed by atoms with van der Waals surface area (Å²) in [5.74, 6) is -2.41. The Labute approximate surface area is 385 Å². The van der Waals surface area contributed by atoms with Crippen LogP contribution in [0.25, 0.3) is 0 Å². The van der Waals surface area contributed by atoms with Gasteiger partial charge in [0.15, 0.2) is 0 Å². The average molecular weight is 923 g/mol. The molecule has 18 heteroatoms. The van der Waals surface area contributed by atoms with Crippen LogP contribution in [0.5, 0.6) is 5.75 Å². The number of ether oxygens (including phenoxy) is 5. The largest absolute Gasteiger partial charge is 0.494 e. The molecular weight excluding hydrogens is 845 g/mol. The molecule has 0 aromatic heterocycles. The van der Waals surface area contributed by atoms with Gasteiger partial charge in [-0.2, -0.15) is 0 Å². The number of Topliss-reactive ketones (excluding diaryl/α,β-unsaturated/α-hetero) is 2. The Kier molecular flexibility index (Phi) is 35.9. The molecule has 0 aliphatic rings.